The lowest BCUT2D eigenvalue weighted by molar-refractivity contribution is -0.152. The molecule has 0 radical (unpaired) electrons. The Labute approximate surface area is 661 Å². The number of benzene rings is 2. The molecule has 9 amide bonds. The molecule has 2 aromatic carbocycles. The largest absolute Gasteiger partial charge is 0.480 e. The lowest BCUT2D eigenvalue weighted by Crippen LogP contribution is -2.62. The average molecular weight is 1560 g/mol. The molecule has 14 rings (SSSR count). The van der Waals surface area contributed by atoms with Crippen LogP contribution in [0.3, 0.4) is 0 Å². The van der Waals surface area contributed by atoms with Crippen LogP contribution in [0.5, 0.6) is 0 Å². The summed E-state index contributed by atoms with van der Waals surface area (Å²) in [5, 5.41) is 51.0. The molecular weight excluding hydrogens is 1450 g/mol. The van der Waals surface area contributed by atoms with Crippen LogP contribution in [-0.2, 0) is 64.0 Å². The van der Waals surface area contributed by atoms with Gasteiger partial charge >= 0.3 is 5.97 Å². The highest BCUT2D eigenvalue weighted by Gasteiger charge is 2.71. The Morgan fingerprint density at radius 2 is 0.902 bits per heavy atom. The number of nitrogens with two attached hydrogens (primary N) is 1. The van der Waals surface area contributed by atoms with Gasteiger partial charge in [0.1, 0.15) is 53.7 Å². The Bertz CT molecular complexity index is 4010. The van der Waals surface area contributed by atoms with Crippen molar-refractivity contribution in [1.82, 2.24) is 67.0 Å². The molecular formula is C84H113ClN14O13. The minimum atomic E-state index is -1.46. The van der Waals surface area contributed by atoms with E-state index in [2.05, 4.69) is 98.0 Å². The van der Waals surface area contributed by atoms with Crippen LogP contribution in [0.15, 0.2) is 111 Å². The number of carboxylic acid groups (broad SMARTS) is 1. The molecule has 28 heteroatoms. The van der Waals surface area contributed by atoms with Crippen molar-refractivity contribution in [2.24, 2.45) is 75.7 Å². The number of fused-ring (bicyclic) bond motifs is 4. The minimum Gasteiger partial charge on any atom is -0.480 e. The van der Waals surface area contributed by atoms with Crippen molar-refractivity contribution in [2.75, 3.05) is 26.2 Å². The number of likely N-dealkylation sites (tertiary alicyclic amines) is 2. The maximum absolute atomic E-state index is 15.1. The number of hydrogen-bond acceptors (Lipinski definition) is 17. The van der Waals surface area contributed by atoms with E-state index >= 15 is 4.79 Å². The zero-order valence-corrected chi connectivity index (χ0v) is 65.6. The first-order valence-electron chi connectivity index (χ1n) is 40.2. The Balaban J connectivity index is 0.000000192. The van der Waals surface area contributed by atoms with Gasteiger partial charge in [-0.05, 0) is 151 Å². The predicted octanol–water partition coefficient (Wildman–Crippen LogP) is 5.31. The summed E-state index contributed by atoms with van der Waals surface area (Å²) in [7, 11) is 0. The quantitative estimate of drug-likeness (QED) is 0.0307. The van der Waals surface area contributed by atoms with E-state index in [1.165, 1.54) is 61.0 Å². The molecule has 12 N–H and O–H groups in total. The first-order valence-corrected chi connectivity index (χ1v) is 40.2. The molecule has 2 saturated heterocycles. The summed E-state index contributed by atoms with van der Waals surface area (Å²) < 4.78 is 0. The molecule has 4 unspecified atom stereocenters. The van der Waals surface area contributed by atoms with Gasteiger partial charge < -0.3 is 68.1 Å². The third-order valence-corrected chi connectivity index (χ3v) is 25.8. The summed E-state index contributed by atoms with van der Waals surface area (Å²) in [6.45, 7) is 16.7. The van der Waals surface area contributed by atoms with E-state index in [4.69, 9.17) is 5.73 Å². The zero-order chi connectivity index (χ0) is 79.0. The van der Waals surface area contributed by atoms with Crippen molar-refractivity contribution in [3.05, 3.63) is 145 Å². The van der Waals surface area contributed by atoms with Gasteiger partial charge in [0.25, 0.3) is 23.6 Å². The molecule has 2 aromatic heterocycles. The topological polar surface area (TPSA) is 400 Å². The van der Waals surface area contributed by atoms with Gasteiger partial charge in [-0.2, -0.15) is 0 Å². The third kappa shape index (κ3) is 19.6. The van der Waals surface area contributed by atoms with Gasteiger partial charge in [0, 0.05) is 62.9 Å². The smallest absolute Gasteiger partial charge is 0.326 e. The van der Waals surface area contributed by atoms with Crippen LogP contribution >= 0.6 is 12.4 Å². The number of hydrogen-bond donors (Lipinski definition) is 11. The van der Waals surface area contributed by atoms with Gasteiger partial charge in [0.2, 0.25) is 29.5 Å². The van der Waals surface area contributed by atoms with E-state index in [9.17, 15) is 58.5 Å². The number of carbonyl (C=O) groups is 10. The fourth-order valence-electron chi connectivity index (χ4n) is 18.9. The van der Waals surface area contributed by atoms with Crippen LogP contribution < -0.4 is 43.0 Å². The lowest BCUT2D eigenvalue weighted by atomic mass is 9.83. The number of aliphatic carboxylic acids is 1. The van der Waals surface area contributed by atoms with E-state index in [1.807, 2.05) is 48.5 Å². The number of nitrogens with zero attached hydrogens (tertiary/aromatic N) is 6. The van der Waals surface area contributed by atoms with Crippen LogP contribution in [0.1, 0.15) is 174 Å². The van der Waals surface area contributed by atoms with E-state index in [0.717, 1.165) is 106 Å². The van der Waals surface area contributed by atoms with Crippen molar-refractivity contribution in [3.63, 3.8) is 0 Å². The van der Waals surface area contributed by atoms with Crippen LogP contribution in [0.2, 0.25) is 0 Å². The highest BCUT2D eigenvalue weighted by Crippen LogP contribution is 2.66. The lowest BCUT2D eigenvalue weighted by Gasteiger charge is -2.37. The molecule has 14 atom stereocenters. The molecule has 0 spiro atoms. The third-order valence-electron chi connectivity index (χ3n) is 25.8. The van der Waals surface area contributed by atoms with Gasteiger partial charge in [-0.25, -0.2) is 14.8 Å². The molecule has 0 bridgehead atoms. The summed E-state index contributed by atoms with van der Waals surface area (Å²) in [5.74, 6) is -4.71. The zero-order valence-electron chi connectivity index (χ0n) is 64.8. The molecule has 4 aromatic rings. The molecule has 2 aliphatic heterocycles. The SMILES string of the molecule is C=CCNC(=O)C(O)C(CC1CC1)NC(=O)[C@@H]1[C@@H]2[C@H](CN1C(=O)[C@@H](NC(=O)[C@@H](NC(=O)c1cnccn1)C1CCCCC1)C1Cc3ccccc3C1)C2(C)C.C=CCNC(=O)C(O)C(N)CC1CC1.CC1(C)[C@@H]2[C@@H](C(=O)O)N(C(=O)[C@@H](NC(=O)[C@@H](NC(=O)c3cnccn3)C3CCCCC3)C3Cc4ccccc4C3)C[C@@H]21.Cl. The Hall–Kier alpha value is -9.05. The minimum absolute atomic E-state index is 0. The Morgan fingerprint density at radius 3 is 1.29 bits per heavy atom. The summed E-state index contributed by atoms with van der Waals surface area (Å²) >= 11 is 0. The number of carbonyl (C=O) groups excluding carboxylic acids is 9. The second-order valence-electron chi connectivity index (χ2n) is 33.9. The number of nitrogens with one attached hydrogen (secondary N) is 7. The summed E-state index contributed by atoms with van der Waals surface area (Å²) in [5.41, 5.74) is 10.1. The van der Waals surface area contributed by atoms with Crippen molar-refractivity contribution in [1.29, 1.82) is 0 Å². The highest BCUT2D eigenvalue weighted by atomic mass is 35.5. The molecule has 6 saturated carbocycles. The molecule has 112 heavy (non-hydrogen) atoms. The van der Waals surface area contributed by atoms with E-state index in [-0.39, 0.29) is 100 Å². The normalized spacial score (nSPS) is 24.5. The van der Waals surface area contributed by atoms with Crippen molar-refractivity contribution in [3.8, 4) is 0 Å². The fourth-order valence-corrected chi connectivity index (χ4v) is 18.9. The molecule has 604 valence electrons. The van der Waals surface area contributed by atoms with Crippen LogP contribution in [0.4, 0.5) is 0 Å². The number of aromatic nitrogens is 4. The number of carboxylic acids is 1. The molecule has 4 heterocycles. The predicted molar refractivity (Wildman–Crippen MR) is 419 cm³/mol. The van der Waals surface area contributed by atoms with Gasteiger partial charge in [-0.15, -0.1) is 25.6 Å². The Morgan fingerprint density at radius 1 is 0.509 bits per heavy atom. The number of aliphatic hydroxyl groups is 2. The molecule has 27 nitrogen and oxygen atoms in total. The Kier molecular flexibility index (Phi) is 27.6. The average Bonchev–Trinajstić information content (AvgIpc) is 1.53. The van der Waals surface area contributed by atoms with Gasteiger partial charge in [0.15, 0.2) is 6.10 Å². The van der Waals surface area contributed by atoms with Gasteiger partial charge in [-0.1, -0.05) is 153 Å². The van der Waals surface area contributed by atoms with Crippen LogP contribution in [0.25, 0.3) is 0 Å². The monoisotopic (exact) mass is 1560 g/mol. The number of aliphatic hydroxyl groups excluding tert-OH is 2. The van der Waals surface area contributed by atoms with Gasteiger partial charge in [0.05, 0.1) is 18.4 Å². The number of rotatable bonds is 29. The van der Waals surface area contributed by atoms with Crippen LogP contribution in [-0.4, -0.2) is 191 Å². The van der Waals surface area contributed by atoms with E-state index in [0.29, 0.717) is 63.6 Å². The molecule has 8 aliphatic carbocycles. The summed E-state index contributed by atoms with van der Waals surface area (Å²) in [4.78, 5) is 155. The maximum atomic E-state index is 15.1. The van der Waals surface area contributed by atoms with Crippen molar-refractivity contribution in [2.45, 2.75) is 217 Å². The van der Waals surface area contributed by atoms with Crippen molar-refractivity contribution < 1.29 is 63.3 Å². The molecule has 10 aliphatic rings. The first-order chi connectivity index (χ1) is 53.3. The standard InChI is InChI=1S/C42H55N7O6.C32H39N5O5.C10H18N2O2.ClH/c1-4-16-45-40(54)36(50)30(19-24-14-15-24)46-39(53)35-32-29(42(32,2)3)23-49(35)41(55)34(28-20-26-12-8-9-13-27(26)21-28)48-38(52)33(25-10-6-5-7-11-25)47-37(51)31-22-43-17-18-44-31;1-32(2)22-17-37(27(24(22)32)31(41)42)30(40)26(21-14-19-10-6-7-11-20(19)15-21)36-29(39)25(18-8-4-3-5-9-18)35-28(38)23-16-33-12-13-34-23;1-2-5-12-10(14)9(13)8(11)6-7-3-4-7;/h4,8-9,12-13,17-18,22,24-25,28-30,32-36,50H,1,5-7,10-11,14-16,19-21,23H2,2-3H3,(H,45,54)(H,46,53)(H,47,51)(H,48,52);6-7,10-13,16,18,21-22,24-27H,3-5,8-9,14-15,17H2,1-2H3,(H,35,38)(H,36,39)(H,41,42);2,7-9,13H,1,3-6,11H2,(H,12,14);1H/t29-,30?,32-,33-,34-,35-,36?;22-,24-,25-,26-,27-;;/m00../s1. The summed E-state index contributed by atoms with van der Waals surface area (Å²) in [6, 6.07) is 9.42. The van der Waals surface area contributed by atoms with E-state index in [1.54, 1.807) is 11.0 Å². The first kappa shape index (κ1) is 83.9. The van der Waals surface area contributed by atoms with Crippen LogP contribution in [0, 0.1) is 70.0 Å². The fraction of sp³-hybridized carbons (Fsp3) is 0.595. The number of halogens is 1. The second-order valence-corrected chi connectivity index (χ2v) is 33.9. The van der Waals surface area contributed by atoms with Crippen molar-refractivity contribution >= 4 is 71.5 Å². The maximum Gasteiger partial charge on any atom is 0.326 e. The molecule has 8 fully saturated rings. The number of amides is 9. The number of piperidine rings is 2. The van der Waals surface area contributed by atoms with E-state index < -0.39 is 108 Å². The second kappa shape index (κ2) is 36.8. The summed E-state index contributed by atoms with van der Waals surface area (Å²) in [6.07, 6.45) is 25.9. The highest BCUT2D eigenvalue weighted by molar-refractivity contribution is 6.00. The van der Waals surface area contributed by atoms with Gasteiger partial charge in [-0.3, -0.25) is 53.1 Å².